The summed E-state index contributed by atoms with van der Waals surface area (Å²) >= 11 is 0. The number of hydrogen-bond donors (Lipinski definition) is 1. The summed E-state index contributed by atoms with van der Waals surface area (Å²) in [7, 11) is 1.55. The summed E-state index contributed by atoms with van der Waals surface area (Å²) < 4.78 is 16.2. The van der Waals surface area contributed by atoms with Gasteiger partial charge in [0.2, 0.25) is 5.91 Å². The molecule has 0 saturated heterocycles. The predicted octanol–water partition coefficient (Wildman–Crippen LogP) is 2.53. The minimum atomic E-state index is 0.0612. The molecule has 2 aromatic rings. The Hall–Kier alpha value is -2.64. The van der Waals surface area contributed by atoms with Gasteiger partial charge in [-0.3, -0.25) is 4.79 Å². The van der Waals surface area contributed by atoms with Crippen molar-refractivity contribution < 1.29 is 18.8 Å². The quantitative estimate of drug-likeness (QED) is 0.795. The van der Waals surface area contributed by atoms with Gasteiger partial charge in [-0.05, 0) is 46.0 Å². The lowest BCUT2D eigenvalue weighted by Gasteiger charge is -2.29. The maximum absolute atomic E-state index is 12.3. The fraction of sp³-hybridized carbons (Fsp3) is 0.579. The van der Waals surface area contributed by atoms with Gasteiger partial charge in [0.25, 0.3) is 11.8 Å². The van der Waals surface area contributed by atoms with Crippen LogP contribution in [0.2, 0.25) is 0 Å². The molecular formula is C19H26N4O4. The third-order valence-corrected chi connectivity index (χ3v) is 4.93. The van der Waals surface area contributed by atoms with Crippen LogP contribution in [0.15, 0.2) is 16.9 Å². The van der Waals surface area contributed by atoms with Gasteiger partial charge >= 0.3 is 0 Å². The van der Waals surface area contributed by atoms with Crippen LogP contribution in [-0.2, 0) is 11.2 Å². The first-order valence-corrected chi connectivity index (χ1v) is 9.29. The SMILES string of the molecule is COc1nccnc1OC1CCC(NC(=O)CCc2c(C)noc2C)CC1. The molecule has 1 N–H and O–H groups in total. The number of amides is 1. The Kier molecular flexibility index (Phi) is 6.26. The number of carbonyl (C=O) groups is 1. The number of rotatable bonds is 7. The number of methoxy groups -OCH3 is 1. The second-order valence-electron chi connectivity index (χ2n) is 6.83. The van der Waals surface area contributed by atoms with Crippen molar-refractivity contribution in [1.82, 2.24) is 20.4 Å². The molecule has 2 aromatic heterocycles. The lowest BCUT2D eigenvalue weighted by molar-refractivity contribution is -0.122. The zero-order valence-electron chi connectivity index (χ0n) is 16.0. The van der Waals surface area contributed by atoms with Crippen LogP contribution < -0.4 is 14.8 Å². The fourth-order valence-electron chi connectivity index (χ4n) is 3.41. The summed E-state index contributed by atoms with van der Waals surface area (Å²) in [6, 6.07) is 0.186. The molecule has 0 aromatic carbocycles. The number of nitrogens with zero attached hydrogens (tertiary/aromatic N) is 3. The molecule has 0 bridgehead atoms. The van der Waals surface area contributed by atoms with E-state index < -0.39 is 0 Å². The molecule has 0 atom stereocenters. The van der Waals surface area contributed by atoms with Crippen molar-refractivity contribution in [1.29, 1.82) is 0 Å². The molecule has 8 nitrogen and oxygen atoms in total. The van der Waals surface area contributed by atoms with Crippen LogP contribution in [0.4, 0.5) is 0 Å². The Morgan fingerprint density at radius 2 is 1.89 bits per heavy atom. The summed E-state index contributed by atoms with van der Waals surface area (Å²) in [6.45, 7) is 3.78. The highest BCUT2D eigenvalue weighted by Gasteiger charge is 2.25. The lowest BCUT2D eigenvalue weighted by atomic mass is 9.92. The van der Waals surface area contributed by atoms with Crippen LogP contribution in [0.5, 0.6) is 11.8 Å². The van der Waals surface area contributed by atoms with E-state index in [1.54, 1.807) is 19.5 Å². The first-order chi connectivity index (χ1) is 13.1. The third-order valence-electron chi connectivity index (χ3n) is 4.93. The van der Waals surface area contributed by atoms with Crippen molar-refractivity contribution in [2.45, 2.75) is 64.5 Å². The van der Waals surface area contributed by atoms with Crippen molar-refractivity contribution in [2.75, 3.05) is 7.11 Å². The molecule has 1 saturated carbocycles. The van der Waals surface area contributed by atoms with Gasteiger partial charge in [-0.2, -0.15) is 0 Å². The van der Waals surface area contributed by atoms with E-state index in [4.69, 9.17) is 14.0 Å². The number of ether oxygens (including phenoxy) is 2. The van der Waals surface area contributed by atoms with Gasteiger partial charge in [-0.1, -0.05) is 5.16 Å². The van der Waals surface area contributed by atoms with Crippen LogP contribution in [0.1, 0.15) is 49.1 Å². The number of aromatic nitrogens is 3. The fourth-order valence-corrected chi connectivity index (χ4v) is 3.41. The zero-order chi connectivity index (χ0) is 19.2. The molecule has 0 radical (unpaired) electrons. The maximum atomic E-state index is 12.3. The van der Waals surface area contributed by atoms with E-state index in [2.05, 4.69) is 20.4 Å². The monoisotopic (exact) mass is 374 g/mol. The van der Waals surface area contributed by atoms with Crippen molar-refractivity contribution in [2.24, 2.45) is 0 Å². The Morgan fingerprint density at radius 1 is 1.19 bits per heavy atom. The molecule has 8 heteroatoms. The average Bonchev–Trinajstić information content (AvgIpc) is 3.00. The standard InChI is InChI=1S/C19H26N4O4/c1-12-16(13(2)27-23-12)8-9-17(24)22-14-4-6-15(7-5-14)26-19-18(25-3)20-10-11-21-19/h10-11,14-15H,4-9H2,1-3H3,(H,22,24). The van der Waals surface area contributed by atoms with Crippen molar-refractivity contribution in [3.05, 3.63) is 29.4 Å². The zero-order valence-corrected chi connectivity index (χ0v) is 16.0. The molecule has 27 heavy (non-hydrogen) atoms. The van der Waals surface area contributed by atoms with Crippen LogP contribution >= 0.6 is 0 Å². The molecule has 0 unspecified atom stereocenters. The molecular weight excluding hydrogens is 348 g/mol. The molecule has 0 aliphatic heterocycles. The van der Waals surface area contributed by atoms with E-state index in [1.165, 1.54) is 0 Å². The Labute approximate surface area is 158 Å². The highest BCUT2D eigenvalue weighted by molar-refractivity contribution is 5.76. The summed E-state index contributed by atoms with van der Waals surface area (Å²) in [5.74, 6) is 1.67. The number of nitrogens with one attached hydrogen (secondary N) is 1. The van der Waals surface area contributed by atoms with Crippen LogP contribution in [0.25, 0.3) is 0 Å². The van der Waals surface area contributed by atoms with Gasteiger partial charge in [0.05, 0.1) is 12.8 Å². The summed E-state index contributed by atoms with van der Waals surface area (Å²) in [4.78, 5) is 20.5. The minimum Gasteiger partial charge on any atom is -0.477 e. The molecule has 1 amide bonds. The predicted molar refractivity (Wildman–Crippen MR) is 97.7 cm³/mol. The van der Waals surface area contributed by atoms with E-state index in [9.17, 15) is 4.79 Å². The largest absolute Gasteiger partial charge is 0.477 e. The second-order valence-corrected chi connectivity index (χ2v) is 6.83. The highest BCUT2D eigenvalue weighted by Crippen LogP contribution is 2.27. The first kappa shape index (κ1) is 19.1. The van der Waals surface area contributed by atoms with Crippen LogP contribution in [0.3, 0.4) is 0 Å². The van der Waals surface area contributed by atoms with Gasteiger partial charge in [-0.25, -0.2) is 9.97 Å². The molecule has 2 heterocycles. The van der Waals surface area contributed by atoms with Crippen LogP contribution in [0, 0.1) is 13.8 Å². The average molecular weight is 374 g/mol. The smallest absolute Gasteiger partial charge is 0.278 e. The molecule has 1 aliphatic rings. The second kappa shape index (κ2) is 8.83. The molecule has 0 spiro atoms. The number of hydrogen-bond acceptors (Lipinski definition) is 7. The van der Waals surface area contributed by atoms with E-state index in [0.29, 0.717) is 24.6 Å². The topological polar surface area (TPSA) is 99.4 Å². The Morgan fingerprint density at radius 3 is 2.52 bits per heavy atom. The first-order valence-electron chi connectivity index (χ1n) is 9.29. The van der Waals surface area contributed by atoms with Crippen molar-refractivity contribution >= 4 is 5.91 Å². The summed E-state index contributed by atoms with van der Waals surface area (Å²) in [5.41, 5.74) is 1.89. The third kappa shape index (κ3) is 4.96. The van der Waals surface area contributed by atoms with E-state index >= 15 is 0 Å². The number of aryl methyl sites for hydroxylation is 2. The molecule has 1 aliphatic carbocycles. The minimum absolute atomic E-state index is 0.0612. The normalized spacial score (nSPS) is 19.5. The van der Waals surface area contributed by atoms with Gasteiger partial charge in [0, 0.05) is 30.4 Å². The lowest BCUT2D eigenvalue weighted by Crippen LogP contribution is -2.39. The van der Waals surface area contributed by atoms with Gasteiger partial charge in [0.1, 0.15) is 11.9 Å². The Balaban J connectivity index is 1.42. The van der Waals surface area contributed by atoms with Crippen molar-refractivity contribution in [3.8, 4) is 11.8 Å². The molecule has 146 valence electrons. The van der Waals surface area contributed by atoms with Gasteiger partial charge in [-0.15, -0.1) is 0 Å². The van der Waals surface area contributed by atoms with Crippen molar-refractivity contribution in [3.63, 3.8) is 0 Å². The number of carbonyl (C=O) groups excluding carboxylic acids is 1. The maximum Gasteiger partial charge on any atom is 0.278 e. The summed E-state index contributed by atoms with van der Waals surface area (Å²) in [6.07, 6.45) is 7.78. The summed E-state index contributed by atoms with van der Waals surface area (Å²) in [5, 5.41) is 7.05. The Bertz CT molecular complexity index is 749. The van der Waals surface area contributed by atoms with Crippen LogP contribution in [-0.4, -0.2) is 40.3 Å². The van der Waals surface area contributed by atoms with E-state index in [-0.39, 0.29) is 18.1 Å². The van der Waals surface area contributed by atoms with Gasteiger partial charge in [0.15, 0.2) is 0 Å². The highest BCUT2D eigenvalue weighted by atomic mass is 16.5. The van der Waals surface area contributed by atoms with E-state index in [1.807, 2.05) is 13.8 Å². The van der Waals surface area contributed by atoms with E-state index in [0.717, 1.165) is 42.7 Å². The molecule has 3 rings (SSSR count). The molecule has 1 fully saturated rings. The van der Waals surface area contributed by atoms with Gasteiger partial charge < -0.3 is 19.3 Å².